The standard InChI is InChI=1S/C12H20O2/c1-4-8-11(5-2)9-7-10-12(13)14-6-3/h7,9-10H,4-6,8H2,1-3H3/b10-7+,11-9-. The Balaban J connectivity index is 4.02. The van der Waals surface area contributed by atoms with Crippen LogP contribution < -0.4 is 0 Å². The van der Waals surface area contributed by atoms with Gasteiger partial charge in [-0.2, -0.15) is 0 Å². The van der Waals surface area contributed by atoms with Crippen LogP contribution in [0.5, 0.6) is 0 Å². The first kappa shape index (κ1) is 12.9. The summed E-state index contributed by atoms with van der Waals surface area (Å²) in [5.41, 5.74) is 1.37. The molecule has 2 nitrogen and oxygen atoms in total. The van der Waals surface area contributed by atoms with Crippen LogP contribution in [0.15, 0.2) is 23.8 Å². The highest BCUT2D eigenvalue weighted by atomic mass is 16.5. The van der Waals surface area contributed by atoms with Crippen molar-refractivity contribution in [1.82, 2.24) is 0 Å². The lowest BCUT2D eigenvalue weighted by atomic mass is 10.1. The van der Waals surface area contributed by atoms with E-state index in [0.717, 1.165) is 19.3 Å². The van der Waals surface area contributed by atoms with Crippen LogP contribution in [-0.2, 0) is 9.53 Å². The van der Waals surface area contributed by atoms with Gasteiger partial charge in [-0.3, -0.25) is 0 Å². The number of hydrogen-bond donors (Lipinski definition) is 0. The van der Waals surface area contributed by atoms with Crippen LogP contribution in [0.25, 0.3) is 0 Å². The molecule has 0 fully saturated rings. The highest BCUT2D eigenvalue weighted by molar-refractivity contribution is 5.82. The number of rotatable bonds is 6. The van der Waals surface area contributed by atoms with E-state index in [2.05, 4.69) is 13.8 Å². The third-order valence-corrected chi connectivity index (χ3v) is 1.88. The highest BCUT2D eigenvalue weighted by Crippen LogP contribution is 2.08. The lowest BCUT2D eigenvalue weighted by Gasteiger charge is -1.99. The molecule has 0 radical (unpaired) electrons. The van der Waals surface area contributed by atoms with Gasteiger partial charge in [-0.05, 0) is 19.8 Å². The van der Waals surface area contributed by atoms with E-state index >= 15 is 0 Å². The molecular formula is C12H20O2. The van der Waals surface area contributed by atoms with Crippen molar-refractivity contribution in [2.45, 2.75) is 40.0 Å². The molecule has 0 rings (SSSR count). The van der Waals surface area contributed by atoms with Gasteiger partial charge >= 0.3 is 5.97 Å². The van der Waals surface area contributed by atoms with Crippen LogP contribution in [0.4, 0.5) is 0 Å². The van der Waals surface area contributed by atoms with Crippen molar-refractivity contribution < 1.29 is 9.53 Å². The van der Waals surface area contributed by atoms with Gasteiger partial charge in [0.15, 0.2) is 0 Å². The molecule has 0 spiro atoms. The van der Waals surface area contributed by atoms with Gasteiger partial charge in [0, 0.05) is 6.08 Å². The largest absolute Gasteiger partial charge is 0.463 e. The number of esters is 1. The molecule has 0 amide bonds. The molecule has 0 saturated heterocycles. The molecule has 0 bridgehead atoms. The average Bonchev–Trinajstić information content (AvgIpc) is 2.17. The molecule has 0 aromatic heterocycles. The van der Waals surface area contributed by atoms with Crippen molar-refractivity contribution in [3.8, 4) is 0 Å². The molecule has 14 heavy (non-hydrogen) atoms. The van der Waals surface area contributed by atoms with Gasteiger partial charge in [-0.1, -0.05) is 38.0 Å². The van der Waals surface area contributed by atoms with Gasteiger partial charge in [0.1, 0.15) is 0 Å². The molecule has 0 aliphatic heterocycles. The van der Waals surface area contributed by atoms with E-state index in [1.807, 2.05) is 6.08 Å². The molecular weight excluding hydrogens is 176 g/mol. The maximum absolute atomic E-state index is 10.9. The molecule has 0 aromatic rings. The zero-order valence-electron chi connectivity index (χ0n) is 9.38. The summed E-state index contributed by atoms with van der Waals surface area (Å²) in [5, 5.41) is 0. The number of allylic oxidation sites excluding steroid dienone is 3. The summed E-state index contributed by atoms with van der Waals surface area (Å²) in [4.78, 5) is 10.9. The molecule has 0 saturated carbocycles. The minimum absolute atomic E-state index is 0.268. The molecule has 0 heterocycles. The minimum Gasteiger partial charge on any atom is -0.463 e. The van der Waals surface area contributed by atoms with Crippen LogP contribution in [0, 0.1) is 0 Å². The Bertz CT molecular complexity index is 214. The zero-order valence-corrected chi connectivity index (χ0v) is 9.38. The maximum Gasteiger partial charge on any atom is 0.330 e. The Morgan fingerprint density at radius 3 is 2.50 bits per heavy atom. The van der Waals surface area contributed by atoms with Crippen LogP contribution in [0.1, 0.15) is 40.0 Å². The maximum atomic E-state index is 10.9. The second kappa shape index (κ2) is 8.54. The predicted octanol–water partition coefficient (Wildman–Crippen LogP) is 3.24. The van der Waals surface area contributed by atoms with E-state index in [-0.39, 0.29) is 5.97 Å². The lowest BCUT2D eigenvalue weighted by Crippen LogP contribution is -1.98. The van der Waals surface area contributed by atoms with Crippen molar-refractivity contribution in [2.24, 2.45) is 0 Å². The molecule has 0 aromatic carbocycles. The first-order valence-electron chi connectivity index (χ1n) is 5.27. The van der Waals surface area contributed by atoms with Gasteiger partial charge < -0.3 is 4.74 Å². The van der Waals surface area contributed by atoms with Gasteiger partial charge in [-0.15, -0.1) is 0 Å². The molecule has 0 aliphatic rings. The molecule has 80 valence electrons. The zero-order chi connectivity index (χ0) is 10.8. The fraction of sp³-hybridized carbons (Fsp3) is 0.583. The first-order chi connectivity index (χ1) is 6.74. The van der Waals surface area contributed by atoms with Crippen molar-refractivity contribution >= 4 is 5.97 Å². The Labute approximate surface area is 86.6 Å². The molecule has 0 atom stereocenters. The lowest BCUT2D eigenvalue weighted by molar-refractivity contribution is -0.137. The van der Waals surface area contributed by atoms with E-state index < -0.39 is 0 Å². The third-order valence-electron chi connectivity index (χ3n) is 1.88. The van der Waals surface area contributed by atoms with Gasteiger partial charge in [-0.25, -0.2) is 4.79 Å². The van der Waals surface area contributed by atoms with E-state index in [1.165, 1.54) is 11.6 Å². The van der Waals surface area contributed by atoms with E-state index in [9.17, 15) is 4.79 Å². The summed E-state index contributed by atoms with van der Waals surface area (Å²) >= 11 is 0. The predicted molar refractivity (Wildman–Crippen MR) is 59.1 cm³/mol. The summed E-state index contributed by atoms with van der Waals surface area (Å²) in [5.74, 6) is -0.268. The van der Waals surface area contributed by atoms with Crippen molar-refractivity contribution in [3.63, 3.8) is 0 Å². The van der Waals surface area contributed by atoms with E-state index in [1.54, 1.807) is 13.0 Å². The normalized spacial score (nSPS) is 12.1. The number of ether oxygens (including phenoxy) is 1. The van der Waals surface area contributed by atoms with Crippen molar-refractivity contribution in [3.05, 3.63) is 23.8 Å². The Hall–Kier alpha value is -1.05. The van der Waals surface area contributed by atoms with Crippen LogP contribution >= 0.6 is 0 Å². The Morgan fingerprint density at radius 2 is 2.00 bits per heavy atom. The van der Waals surface area contributed by atoms with Crippen LogP contribution in [0.3, 0.4) is 0 Å². The second-order valence-electron chi connectivity index (χ2n) is 3.04. The highest BCUT2D eigenvalue weighted by Gasteiger charge is 1.92. The SMILES string of the molecule is CCC/C(=C\C=C\C(=O)OCC)CC. The van der Waals surface area contributed by atoms with Crippen LogP contribution in [-0.4, -0.2) is 12.6 Å². The molecule has 2 heteroatoms. The van der Waals surface area contributed by atoms with Crippen molar-refractivity contribution in [1.29, 1.82) is 0 Å². The van der Waals surface area contributed by atoms with Crippen molar-refractivity contribution in [2.75, 3.05) is 6.61 Å². The fourth-order valence-corrected chi connectivity index (χ4v) is 1.15. The smallest absolute Gasteiger partial charge is 0.330 e. The van der Waals surface area contributed by atoms with Gasteiger partial charge in [0.05, 0.1) is 6.61 Å². The topological polar surface area (TPSA) is 26.3 Å². The van der Waals surface area contributed by atoms with Gasteiger partial charge in [0.25, 0.3) is 0 Å². The Kier molecular flexibility index (Phi) is 7.90. The second-order valence-corrected chi connectivity index (χ2v) is 3.04. The Morgan fingerprint density at radius 1 is 1.29 bits per heavy atom. The summed E-state index contributed by atoms with van der Waals surface area (Å²) < 4.78 is 4.76. The van der Waals surface area contributed by atoms with Gasteiger partial charge in [0.2, 0.25) is 0 Å². The number of hydrogen-bond acceptors (Lipinski definition) is 2. The average molecular weight is 196 g/mol. The molecule has 0 N–H and O–H groups in total. The monoisotopic (exact) mass is 196 g/mol. The number of carbonyl (C=O) groups excluding carboxylic acids is 1. The summed E-state index contributed by atoms with van der Waals surface area (Å²) in [6.45, 7) is 6.51. The molecule has 0 unspecified atom stereocenters. The third kappa shape index (κ3) is 6.46. The number of carbonyl (C=O) groups is 1. The van der Waals surface area contributed by atoms with Crippen LogP contribution in [0.2, 0.25) is 0 Å². The summed E-state index contributed by atoms with van der Waals surface area (Å²) in [6.07, 6.45) is 8.53. The fourth-order valence-electron chi connectivity index (χ4n) is 1.15. The summed E-state index contributed by atoms with van der Waals surface area (Å²) in [7, 11) is 0. The quantitative estimate of drug-likeness (QED) is 0.370. The summed E-state index contributed by atoms with van der Waals surface area (Å²) in [6, 6.07) is 0. The van der Waals surface area contributed by atoms with E-state index in [4.69, 9.17) is 4.74 Å². The minimum atomic E-state index is -0.268. The first-order valence-corrected chi connectivity index (χ1v) is 5.27. The van der Waals surface area contributed by atoms with E-state index in [0.29, 0.717) is 6.61 Å². The molecule has 0 aliphatic carbocycles.